The summed E-state index contributed by atoms with van der Waals surface area (Å²) in [6, 6.07) is 1.90. The summed E-state index contributed by atoms with van der Waals surface area (Å²) in [4.78, 5) is 23.8. The van der Waals surface area contributed by atoms with Gasteiger partial charge >= 0.3 is 5.97 Å². The van der Waals surface area contributed by atoms with Crippen LogP contribution in [0.1, 0.15) is 12.5 Å². The van der Waals surface area contributed by atoms with Crippen LogP contribution in [-0.2, 0) is 16.0 Å². The zero-order valence-corrected chi connectivity index (χ0v) is 10.2. The lowest BCUT2D eigenvalue weighted by Gasteiger charge is -2.19. The van der Waals surface area contributed by atoms with Gasteiger partial charge in [0, 0.05) is 13.6 Å². The van der Waals surface area contributed by atoms with Gasteiger partial charge in [0.15, 0.2) is 0 Å². The van der Waals surface area contributed by atoms with Gasteiger partial charge < -0.3 is 10.0 Å². The van der Waals surface area contributed by atoms with Gasteiger partial charge in [-0.25, -0.2) is 0 Å². The molecule has 5 heteroatoms. The van der Waals surface area contributed by atoms with Crippen molar-refractivity contribution in [2.24, 2.45) is 5.92 Å². The first-order valence-corrected chi connectivity index (χ1v) is 5.93. The van der Waals surface area contributed by atoms with E-state index in [9.17, 15) is 9.59 Å². The standard InChI is InChI=1S/C11H15NO3S/c1-8(11(14)15)6-12(2)10(13)5-9-3-4-16-7-9/h3-4,7-8H,5-6H2,1-2H3,(H,14,15). The molecule has 1 rings (SSSR count). The predicted molar refractivity (Wildman–Crippen MR) is 62.5 cm³/mol. The van der Waals surface area contributed by atoms with Crippen LogP contribution in [0.25, 0.3) is 0 Å². The minimum Gasteiger partial charge on any atom is -0.481 e. The van der Waals surface area contributed by atoms with E-state index in [2.05, 4.69) is 0 Å². The molecular formula is C11H15NO3S. The van der Waals surface area contributed by atoms with Crippen LogP contribution in [0.3, 0.4) is 0 Å². The SMILES string of the molecule is CC(CN(C)C(=O)Cc1ccsc1)C(=O)O. The molecule has 0 aliphatic heterocycles. The zero-order valence-electron chi connectivity index (χ0n) is 9.34. The Hall–Kier alpha value is -1.36. The van der Waals surface area contributed by atoms with Crippen molar-refractivity contribution in [3.05, 3.63) is 22.4 Å². The average Bonchev–Trinajstić information content (AvgIpc) is 2.69. The zero-order chi connectivity index (χ0) is 12.1. The highest BCUT2D eigenvalue weighted by Crippen LogP contribution is 2.08. The van der Waals surface area contributed by atoms with Gasteiger partial charge in [0.05, 0.1) is 12.3 Å². The van der Waals surface area contributed by atoms with Crippen molar-refractivity contribution >= 4 is 23.2 Å². The number of aliphatic carboxylic acids is 1. The van der Waals surface area contributed by atoms with Crippen molar-refractivity contribution in [2.75, 3.05) is 13.6 Å². The number of nitrogens with zero attached hydrogens (tertiary/aromatic N) is 1. The number of amides is 1. The summed E-state index contributed by atoms with van der Waals surface area (Å²) in [5, 5.41) is 12.6. The van der Waals surface area contributed by atoms with E-state index in [1.165, 1.54) is 4.90 Å². The molecule has 1 atom stereocenters. The first-order valence-electron chi connectivity index (χ1n) is 4.98. The number of carbonyl (C=O) groups excluding carboxylic acids is 1. The van der Waals surface area contributed by atoms with Crippen molar-refractivity contribution in [3.63, 3.8) is 0 Å². The quantitative estimate of drug-likeness (QED) is 0.849. The molecule has 1 amide bonds. The second-order valence-electron chi connectivity index (χ2n) is 3.82. The molecule has 1 heterocycles. The summed E-state index contributed by atoms with van der Waals surface area (Å²) in [6.45, 7) is 1.84. The molecule has 1 unspecified atom stereocenters. The van der Waals surface area contributed by atoms with Crippen LogP contribution in [0.5, 0.6) is 0 Å². The molecular weight excluding hydrogens is 226 g/mol. The molecule has 0 bridgehead atoms. The number of carbonyl (C=O) groups is 2. The minimum atomic E-state index is -0.879. The number of thiophene rings is 1. The Labute approximate surface area is 98.5 Å². The molecule has 0 aliphatic rings. The van der Waals surface area contributed by atoms with Crippen LogP contribution < -0.4 is 0 Å². The fraction of sp³-hybridized carbons (Fsp3) is 0.455. The summed E-state index contributed by atoms with van der Waals surface area (Å²) in [7, 11) is 1.63. The Morgan fingerprint density at radius 2 is 2.25 bits per heavy atom. The minimum absolute atomic E-state index is 0.0495. The molecule has 0 radical (unpaired) electrons. The lowest BCUT2D eigenvalue weighted by Crippen LogP contribution is -2.34. The van der Waals surface area contributed by atoms with Crippen LogP contribution in [-0.4, -0.2) is 35.5 Å². The summed E-state index contributed by atoms with van der Waals surface area (Å²) in [6.07, 6.45) is 0.340. The van der Waals surface area contributed by atoms with Crippen molar-refractivity contribution < 1.29 is 14.7 Å². The highest BCUT2D eigenvalue weighted by atomic mass is 32.1. The van der Waals surface area contributed by atoms with Gasteiger partial charge in [-0.2, -0.15) is 11.3 Å². The first-order chi connectivity index (χ1) is 7.50. The lowest BCUT2D eigenvalue weighted by molar-refractivity contribution is -0.142. The van der Waals surface area contributed by atoms with Crippen LogP contribution >= 0.6 is 11.3 Å². The van der Waals surface area contributed by atoms with Crippen molar-refractivity contribution in [1.29, 1.82) is 0 Å². The molecule has 1 aromatic heterocycles. The second-order valence-corrected chi connectivity index (χ2v) is 4.60. The van der Waals surface area contributed by atoms with Gasteiger partial charge in [0.25, 0.3) is 0 Å². The number of carboxylic acid groups (broad SMARTS) is 1. The van der Waals surface area contributed by atoms with E-state index < -0.39 is 11.9 Å². The van der Waals surface area contributed by atoms with Crippen molar-refractivity contribution in [1.82, 2.24) is 4.90 Å². The van der Waals surface area contributed by atoms with E-state index in [0.29, 0.717) is 6.42 Å². The molecule has 1 aromatic rings. The maximum absolute atomic E-state index is 11.7. The van der Waals surface area contributed by atoms with E-state index >= 15 is 0 Å². The van der Waals surface area contributed by atoms with Gasteiger partial charge in [-0.15, -0.1) is 0 Å². The predicted octanol–water partition coefficient (Wildman–Crippen LogP) is 1.47. The van der Waals surface area contributed by atoms with Gasteiger partial charge in [-0.3, -0.25) is 9.59 Å². The summed E-state index contributed by atoms with van der Waals surface area (Å²) >= 11 is 1.55. The molecule has 16 heavy (non-hydrogen) atoms. The third-order valence-electron chi connectivity index (χ3n) is 2.33. The highest BCUT2D eigenvalue weighted by Gasteiger charge is 2.17. The number of likely N-dealkylation sites (N-methyl/N-ethyl adjacent to an activating group) is 1. The Bertz CT molecular complexity index is 361. The second kappa shape index (κ2) is 5.65. The van der Waals surface area contributed by atoms with Crippen LogP contribution in [0.15, 0.2) is 16.8 Å². The first kappa shape index (κ1) is 12.7. The topological polar surface area (TPSA) is 57.6 Å². The summed E-state index contributed by atoms with van der Waals surface area (Å²) in [5.41, 5.74) is 0.977. The molecule has 88 valence electrons. The Morgan fingerprint density at radius 1 is 1.56 bits per heavy atom. The monoisotopic (exact) mass is 241 g/mol. The van der Waals surface area contributed by atoms with E-state index in [0.717, 1.165) is 5.56 Å². The molecule has 0 saturated carbocycles. The Balaban J connectivity index is 2.45. The molecule has 0 spiro atoms. The van der Waals surface area contributed by atoms with E-state index in [1.54, 1.807) is 25.3 Å². The molecule has 0 aromatic carbocycles. The fourth-order valence-corrected chi connectivity index (χ4v) is 1.96. The largest absolute Gasteiger partial charge is 0.481 e. The summed E-state index contributed by atoms with van der Waals surface area (Å²) < 4.78 is 0. The maximum Gasteiger partial charge on any atom is 0.308 e. The van der Waals surface area contributed by atoms with E-state index in [4.69, 9.17) is 5.11 Å². The Kier molecular flexibility index (Phi) is 4.49. The molecule has 0 fully saturated rings. The van der Waals surface area contributed by atoms with Gasteiger partial charge in [-0.05, 0) is 22.4 Å². The Morgan fingerprint density at radius 3 is 2.75 bits per heavy atom. The average molecular weight is 241 g/mol. The maximum atomic E-state index is 11.7. The van der Waals surface area contributed by atoms with Crippen molar-refractivity contribution in [3.8, 4) is 0 Å². The molecule has 4 nitrogen and oxygen atoms in total. The van der Waals surface area contributed by atoms with Gasteiger partial charge in [0.1, 0.15) is 0 Å². The number of hydrogen-bond donors (Lipinski definition) is 1. The molecule has 0 aliphatic carbocycles. The van der Waals surface area contributed by atoms with Crippen molar-refractivity contribution in [2.45, 2.75) is 13.3 Å². The smallest absolute Gasteiger partial charge is 0.308 e. The number of carboxylic acids is 1. The van der Waals surface area contributed by atoms with Crippen LogP contribution in [0.4, 0.5) is 0 Å². The normalized spacial score (nSPS) is 12.1. The third-order valence-corrected chi connectivity index (χ3v) is 3.06. The van der Waals surface area contributed by atoms with Gasteiger partial charge in [-0.1, -0.05) is 6.92 Å². The van der Waals surface area contributed by atoms with Crippen LogP contribution in [0, 0.1) is 5.92 Å². The number of rotatable bonds is 5. The lowest BCUT2D eigenvalue weighted by atomic mass is 10.1. The fourth-order valence-electron chi connectivity index (χ4n) is 1.29. The number of hydrogen-bond acceptors (Lipinski definition) is 3. The van der Waals surface area contributed by atoms with Gasteiger partial charge in [0.2, 0.25) is 5.91 Å². The summed E-state index contributed by atoms with van der Waals surface area (Å²) in [5.74, 6) is -1.46. The van der Waals surface area contributed by atoms with E-state index in [1.807, 2.05) is 16.8 Å². The molecule has 0 saturated heterocycles. The van der Waals surface area contributed by atoms with Crippen LogP contribution in [0.2, 0.25) is 0 Å². The third kappa shape index (κ3) is 3.66. The molecule has 1 N–H and O–H groups in total. The van der Waals surface area contributed by atoms with E-state index in [-0.39, 0.29) is 12.5 Å². The highest BCUT2D eigenvalue weighted by molar-refractivity contribution is 7.07.